The maximum Gasteiger partial charge on any atom is 0.308 e. The third-order valence-electron chi connectivity index (χ3n) is 5.90. The number of unbranched alkanes of at least 4 members (excludes halogenated alkanes) is 1. The Morgan fingerprint density at radius 1 is 1.14 bits per heavy atom. The molecule has 0 aromatic carbocycles. The standard InChI is InChI=1S/C19H36O2/c1-6-10-11-17(14(7-2)8-3)18-13-16(19(20)21-5)12-15(18)9-4/h14-18H,6-13H2,1-5H3/t15-,16?,17?,18?/m1/s1. The molecule has 0 amide bonds. The molecule has 0 aromatic heterocycles. The molecule has 0 saturated heterocycles. The van der Waals surface area contributed by atoms with E-state index in [2.05, 4.69) is 27.7 Å². The first kappa shape index (κ1) is 18.5. The molecule has 1 aliphatic rings. The zero-order chi connectivity index (χ0) is 15.8. The Morgan fingerprint density at radius 3 is 2.29 bits per heavy atom. The summed E-state index contributed by atoms with van der Waals surface area (Å²) < 4.78 is 5.01. The molecule has 0 aliphatic heterocycles. The monoisotopic (exact) mass is 296 g/mol. The van der Waals surface area contributed by atoms with Crippen molar-refractivity contribution < 1.29 is 9.53 Å². The van der Waals surface area contributed by atoms with E-state index in [-0.39, 0.29) is 11.9 Å². The van der Waals surface area contributed by atoms with Crippen molar-refractivity contribution in [3.05, 3.63) is 0 Å². The lowest BCUT2D eigenvalue weighted by atomic mass is 9.71. The van der Waals surface area contributed by atoms with Crippen molar-refractivity contribution in [3.8, 4) is 0 Å². The van der Waals surface area contributed by atoms with E-state index in [1.807, 2.05) is 0 Å². The lowest BCUT2D eigenvalue weighted by Crippen LogP contribution is -2.26. The highest BCUT2D eigenvalue weighted by molar-refractivity contribution is 5.72. The molecule has 124 valence electrons. The Morgan fingerprint density at radius 2 is 1.81 bits per heavy atom. The Labute approximate surface area is 132 Å². The first-order valence-electron chi connectivity index (χ1n) is 9.20. The van der Waals surface area contributed by atoms with Crippen molar-refractivity contribution in [2.75, 3.05) is 7.11 Å². The number of ether oxygens (including phenoxy) is 1. The van der Waals surface area contributed by atoms with Crippen LogP contribution in [-0.4, -0.2) is 13.1 Å². The quantitative estimate of drug-likeness (QED) is 0.528. The smallest absolute Gasteiger partial charge is 0.308 e. The van der Waals surface area contributed by atoms with E-state index in [0.717, 1.165) is 36.5 Å². The molecule has 0 aromatic rings. The summed E-state index contributed by atoms with van der Waals surface area (Å²) in [4.78, 5) is 11.9. The van der Waals surface area contributed by atoms with Gasteiger partial charge in [0.2, 0.25) is 0 Å². The second-order valence-electron chi connectivity index (χ2n) is 6.91. The van der Waals surface area contributed by atoms with Gasteiger partial charge in [-0.05, 0) is 42.9 Å². The van der Waals surface area contributed by atoms with Crippen molar-refractivity contribution in [2.45, 2.75) is 79.1 Å². The second-order valence-corrected chi connectivity index (χ2v) is 6.91. The average Bonchev–Trinajstić information content (AvgIpc) is 2.94. The van der Waals surface area contributed by atoms with Crippen molar-refractivity contribution >= 4 is 5.97 Å². The van der Waals surface area contributed by atoms with E-state index in [0.29, 0.717) is 0 Å². The second kappa shape index (κ2) is 9.48. The molecule has 0 radical (unpaired) electrons. The Kier molecular flexibility index (Phi) is 8.36. The number of rotatable bonds is 9. The van der Waals surface area contributed by atoms with Crippen LogP contribution in [0, 0.1) is 29.6 Å². The minimum absolute atomic E-state index is 0.0229. The Bertz CT molecular complexity index is 296. The first-order valence-corrected chi connectivity index (χ1v) is 9.20. The van der Waals surface area contributed by atoms with Gasteiger partial charge in [-0.25, -0.2) is 0 Å². The molecule has 1 fully saturated rings. The van der Waals surface area contributed by atoms with Gasteiger partial charge in [0.15, 0.2) is 0 Å². The third-order valence-corrected chi connectivity index (χ3v) is 5.90. The van der Waals surface area contributed by atoms with Gasteiger partial charge in [-0.2, -0.15) is 0 Å². The minimum Gasteiger partial charge on any atom is -0.469 e. The average molecular weight is 296 g/mol. The number of methoxy groups -OCH3 is 1. The summed E-state index contributed by atoms with van der Waals surface area (Å²) in [5, 5.41) is 0. The molecule has 0 heterocycles. The maximum absolute atomic E-state index is 11.9. The highest BCUT2D eigenvalue weighted by atomic mass is 16.5. The van der Waals surface area contributed by atoms with Crippen LogP contribution in [0.5, 0.6) is 0 Å². The molecule has 2 nitrogen and oxygen atoms in total. The molecule has 1 rings (SSSR count). The normalized spacial score (nSPS) is 27.0. The minimum atomic E-state index is 0.0229. The first-order chi connectivity index (χ1) is 10.1. The van der Waals surface area contributed by atoms with Crippen LogP contribution < -0.4 is 0 Å². The molecule has 21 heavy (non-hydrogen) atoms. The van der Waals surface area contributed by atoms with Gasteiger partial charge in [0, 0.05) is 0 Å². The van der Waals surface area contributed by atoms with Crippen LogP contribution in [0.4, 0.5) is 0 Å². The van der Waals surface area contributed by atoms with Crippen LogP contribution in [0.2, 0.25) is 0 Å². The predicted octanol–water partition coefficient (Wildman–Crippen LogP) is 5.45. The van der Waals surface area contributed by atoms with Gasteiger partial charge in [-0.1, -0.05) is 59.8 Å². The van der Waals surface area contributed by atoms with Gasteiger partial charge >= 0.3 is 5.97 Å². The molecule has 4 atom stereocenters. The maximum atomic E-state index is 11.9. The largest absolute Gasteiger partial charge is 0.469 e. The third kappa shape index (κ3) is 4.72. The van der Waals surface area contributed by atoms with Gasteiger partial charge in [0.25, 0.3) is 0 Å². The van der Waals surface area contributed by atoms with Crippen molar-refractivity contribution in [1.29, 1.82) is 0 Å². The molecule has 1 saturated carbocycles. The van der Waals surface area contributed by atoms with Gasteiger partial charge in [0.1, 0.15) is 0 Å². The predicted molar refractivity (Wildman–Crippen MR) is 89.1 cm³/mol. The Hall–Kier alpha value is -0.530. The summed E-state index contributed by atoms with van der Waals surface area (Å²) in [7, 11) is 1.53. The summed E-state index contributed by atoms with van der Waals surface area (Å²) in [6.07, 6.45) is 9.84. The van der Waals surface area contributed by atoms with Crippen LogP contribution in [0.15, 0.2) is 0 Å². The summed E-state index contributed by atoms with van der Waals surface area (Å²) >= 11 is 0. The van der Waals surface area contributed by atoms with Crippen LogP contribution in [0.1, 0.15) is 79.1 Å². The van der Waals surface area contributed by atoms with Crippen LogP contribution >= 0.6 is 0 Å². The van der Waals surface area contributed by atoms with E-state index in [4.69, 9.17) is 4.74 Å². The van der Waals surface area contributed by atoms with E-state index in [9.17, 15) is 4.79 Å². The van der Waals surface area contributed by atoms with Crippen molar-refractivity contribution in [1.82, 2.24) is 0 Å². The fourth-order valence-corrected chi connectivity index (χ4v) is 4.64. The number of esters is 1. The molecule has 0 bridgehead atoms. The number of carbonyl (C=O) groups excluding carboxylic acids is 1. The summed E-state index contributed by atoms with van der Waals surface area (Å²) in [5.41, 5.74) is 0. The zero-order valence-corrected chi connectivity index (χ0v) is 14.9. The van der Waals surface area contributed by atoms with E-state index in [1.165, 1.54) is 45.6 Å². The van der Waals surface area contributed by atoms with Gasteiger partial charge in [0.05, 0.1) is 13.0 Å². The van der Waals surface area contributed by atoms with E-state index >= 15 is 0 Å². The highest BCUT2D eigenvalue weighted by Crippen LogP contribution is 2.47. The highest BCUT2D eigenvalue weighted by Gasteiger charge is 2.42. The van der Waals surface area contributed by atoms with E-state index in [1.54, 1.807) is 0 Å². The molecule has 3 unspecified atom stereocenters. The lowest BCUT2D eigenvalue weighted by Gasteiger charge is -2.34. The van der Waals surface area contributed by atoms with Gasteiger partial charge in [-0.15, -0.1) is 0 Å². The van der Waals surface area contributed by atoms with Gasteiger partial charge < -0.3 is 4.74 Å². The lowest BCUT2D eigenvalue weighted by molar-refractivity contribution is -0.145. The molecule has 1 aliphatic carbocycles. The topological polar surface area (TPSA) is 26.3 Å². The molecular formula is C19H36O2. The van der Waals surface area contributed by atoms with Crippen molar-refractivity contribution in [2.24, 2.45) is 29.6 Å². The molecule has 2 heteroatoms. The Balaban J connectivity index is 2.85. The molecular weight excluding hydrogens is 260 g/mol. The summed E-state index contributed by atoms with van der Waals surface area (Å²) in [6, 6.07) is 0. The molecule has 0 N–H and O–H groups in total. The SMILES string of the molecule is CCCCC(C(CC)CC)C1CC(C(=O)OC)C[C@H]1CC. The van der Waals surface area contributed by atoms with Crippen LogP contribution in [0.25, 0.3) is 0 Å². The fraction of sp³-hybridized carbons (Fsp3) is 0.947. The van der Waals surface area contributed by atoms with Crippen LogP contribution in [0.3, 0.4) is 0 Å². The number of carbonyl (C=O) groups is 1. The van der Waals surface area contributed by atoms with Crippen molar-refractivity contribution in [3.63, 3.8) is 0 Å². The number of hydrogen-bond donors (Lipinski definition) is 0. The fourth-order valence-electron chi connectivity index (χ4n) is 4.64. The molecule has 0 spiro atoms. The summed E-state index contributed by atoms with van der Waals surface area (Å²) in [5.74, 6) is 3.26. The summed E-state index contributed by atoms with van der Waals surface area (Å²) in [6.45, 7) is 9.25. The number of hydrogen-bond acceptors (Lipinski definition) is 2. The van der Waals surface area contributed by atoms with Crippen LogP contribution in [-0.2, 0) is 9.53 Å². The van der Waals surface area contributed by atoms with Gasteiger partial charge in [-0.3, -0.25) is 4.79 Å². The zero-order valence-electron chi connectivity index (χ0n) is 14.9. The van der Waals surface area contributed by atoms with E-state index < -0.39 is 0 Å².